The fourth-order valence-corrected chi connectivity index (χ4v) is 3.12. The number of amides is 1. The Hall–Kier alpha value is -1.06. The molecular weight excluding hydrogens is 242 g/mol. The Morgan fingerprint density at radius 3 is 2.37 bits per heavy atom. The zero-order valence-corrected chi connectivity index (χ0v) is 11.9. The molecule has 19 heavy (non-hydrogen) atoms. The van der Waals surface area contributed by atoms with Gasteiger partial charge in [-0.15, -0.1) is 0 Å². The second-order valence-corrected chi connectivity index (χ2v) is 5.87. The van der Waals surface area contributed by atoms with E-state index in [2.05, 4.69) is 5.32 Å². The average molecular weight is 267 g/mol. The van der Waals surface area contributed by atoms with E-state index in [0.29, 0.717) is 25.4 Å². The van der Waals surface area contributed by atoms with Gasteiger partial charge in [0.2, 0.25) is 5.91 Å². The van der Waals surface area contributed by atoms with Crippen molar-refractivity contribution in [3.05, 3.63) is 0 Å². The third kappa shape index (κ3) is 3.10. The maximum atomic E-state index is 12.3. The summed E-state index contributed by atoms with van der Waals surface area (Å²) in [6, 6.07) is 0. The van der Waals surface area contributed by atoms with Crippen molar-refractivity contribution in [3.8, 4) is 0 Å². The van der Waals surface area contributed by atoms with Gasteiger partial charge in [-0.25, -0.2) is 0 Å². The molecule has 0 bridgehead atoms. The standard InChI is InChI=1S/C15H25NO3/c1-2-19-14(18)15(9-6-10-15)13(17)16-11-12-7-4-3-5-8-12/h12H,2-11H2,1H3,(H,16,17). The van der Waals surface area contributed by atoms with Crippen molar-refractivity contribution in [1.82, 2.24) is 5.32 Å². The van der Waals surface area contributed by atoms with Crippen LogP contribution in [0.3, 0.4) is 0 Å². The molecule has 0 aromatic carbocycles. The minimum absolute atomic E-state index is 0.109. The second kappa shape index (κ2) is 6.40. The third-order valence-electron chi connectivity index (χ3n) is 4.58. The zero-order valence-electron chi connectivity index (χ0n) is 11.9. The minimum atomic E-state index is -0.870. The number of esters is 1. The lowest BCUT2D eigenvalue weighted by Gasteiger charge is -2.37. The molecule has 1 amide bonds. The Morgan fingerprint density at radius 1 is 1.16 bits per heavy atom. The predicted octanol–water partition coefficient (Wildman–Crippen LogP) is 2.42. The molecule has 0 aliphatic heterocycles. The summed E-state index contributed by atoms with van der Waals surface area (Å²) in [6.07, 6.45) is 8.48. The van der Waals surface area contributed by atoms with Crippen LogP contribution in [-0.2, 0) is 14.3 Å². The Kier molecular flexibility index (Phi) is 4.83. The van der Waals surface area contributed by atoms with E-state index in [-0.39, 0.29) is 11.9 Å². The molecule has 0 atom stereocenters. The fourth-order valence-electron chi connectivity index (χ4n) is 3.12. The minimum Gasteiger partial charge on any atom is -0.465 e. The van der Waals surface area contributed by atoms with Crippen LogP contribution in [-0.4, -0.2) is 25.0 Å². The van der Waals surface area contributed by atoms with E-state index in [1.165, 1.54) is 32.1 Å². The number of nitrogens with one attached hydrogen (secondary N) is 1. The highest BCUT2D eigenvalue weighted by Crippen LogP contribution is 2.42. The van der Waals surface area contributed by atoms with E-state index < -0.39 is 5.41 Å². The Bertz CT molecular complexity index is 330. The van der Waals surface area contributed by atoms with Crippen molar-refractivity contribution < 1.29 is 14.3 Å². The monoisotopic (exact) mass is 267 g/mol. The zero-order chi connectivity index (χ0) is 13.7. The molecular formula is C15H25NO3. The number of carbonyl (C=O) groups excluding carboxylic acids is 2. The normalized spacial score (nSPS) is 22.4. The highest BCUT2D eigenvalue weighted by Gasteiger charge is 2.52. The van der Waals surface area contributed by atoms with Gasteiger partial charge in [0.25, 0.3) is 0 Å². The molecule has 0 aromatic rings. The SMILES string of the molecule is CCOC(=O)C1(C(=O)NCC2CCCCC2)CCC1. The third-order valence-corrected chi connectivity index (χ3v) is 4.58. The number of ether oxygens (including phenoxy) is 1. The number of carbonyl (C=O) groups is 2. The first-order valence-electron chi connectivity index (χ1n) is 7.64. The molecule has 2 aliphatic rings. The summed E-state index contributed by atoms with van der Waals surface area (Å²) in [5.74, 6) is 0.155. The molecule has 0 aromatic heterocycles. The van der Waals surface area contributed by atoms with Gasteiger partial charge in [-0.05, 0) is 38.5 Å². The highest BCUT2D eigenvalue weighted by molar-refractivity contribution is 6.03. The maximum absolute atomic E-state index is 12.3. The average Bonchev–Trinajstić information content (AvgIpc) is 2.36. The van der Waals surface area contributed by atoms with Crippen LogP contribution in [0.15, 0.2) is 0 Å². The van der Waals surface area contributed by atoms with Crippen LogP contribution in [0.25, 0.3) is 0 Å². The van der Waals surface area contributed by atoms with Gasteiger partial charge >= 0.3 is 5.97 Å². The largest absolute Gasteiger partial charge is 0.465 e. The van der Waals surface area contributed by atoms with Crippen LogP contribution >= 0.6 is 0 Å². The Balaban J connectivity index is 1.84. The first-order chi connectivity index (χ1) is 9.19. The molecule has 0 heterocycles. The number of hydrogen-bond acceptors (Lipinski definition) is 3. The molecule has 1 N–H and O–H groups in total. The highest BCUT2D eigenvalue weighted by atomic mass is 16.5. The fraction of sp³-hybridized carbons (Fsp3) is 0.867. The lowest BCUT2D eigenvalue weighted by Crippen LogP contribution is -2.52. The van der Waals surface area contributed by atoms with Crippen molar-refractivity contribution in [3.63, 3.8) is 0 Å². The van der Waals surface area contributed by atoms with Crippen molar-refractivity contribution in [2.24, 2.45) is 11.3 Å². The molecule has 0 spiro atoms. The summed E-state index contributed by atoms with van der Waals surface area (Å²) in [4.78, 5) is 24.3. The molecule has 2 aliphatic carbocycles. The first kappa shape index (κ1) is 14.4. The summed E-state index contributed by atoms with van der Waals surface area (Å²) in [6.45, 7) is 2.85. The Morgan fingerprint density at radius 2 is 1.84 bits per heavy atom. The van der Waals surface area contributed by atoms with Crippen molar-refractivity contribution in [2.45, 2.75) is 58.3 Å². The van der Waals surface area contributed by atoms with E-state index >= 15 is 0 Å². The van der Waals surface area contributed by atoms with Gasteiger partial charge < -0.3 is 10.1 Å². The van der Waals surface area contributed by atoms with E-state index in [9.17, 15) is 9.59 Å². The summed E-state index contributed by atoms with van der Waals surface area (Å²) in [5, 5.41) is 2.99. The summed E-state index contributed by atoms with van der Waals surface area (Å²) >= 11 is 0. The molecule has 2 fully saturated rings. The predicted molar refractivity (Wildman–Crippen MR) is 72.5 cm³/mol. The molecule has 0 radical (unpaired) electrons. The van der Waals surface area contributed by atoms with Crippen LogP contribution in [0.5, 0.6) is 0 Å². The van der Waals surface area contributed by atoms with Gasteiger partial charge in [0.1, 0.15) is 5.41 Å². The molecule has 4 heteroatoms. The first-order valence-corrected chi connectivity index (χ1v) is 7.64. The second-order valence-electron chi connectivity index (χ2n) is 5.87. The molecule has 0 saturated heterocycles. The molecule has 2 rings (SSSR count). The van der Waals surface area contributed by atoms with E-state index in [0.717, 1.165) is 13.0 Å². The number of hydrogen-bond donors (Lipinski definition) is 1. The topological polar surface area (TPSA) is 55.4 Å². The van der Waals surface area contributed by atoms with Crippen molar-refractivity contribution in [2.75, 3.05) is 13.2 Å². The molecule has 4 nitrogen and oxygen atoms in total. The van der Waals surface area contributed by atoms with Gasteiger partial charge in [-0.1, -0.05) is 25.7 Å². The summed E-state index contributed by atoms with van der Waals surface area (Å²) in [7, 11) is 0. The lowest BCUT2D eigenvalue weighted by atomic mass is 9.68. The molecule has 108 valence electrons. The van der Waals surface area contributed by atoms with Gasteiger partial charge in [-0.2, -0.15) is 0 Å². The molecule has 2 saturated carbocycles. The molecule has 0 unspecified atom stereocenters. The lowest BCUT2D eigenvalue weighted by molar-refractivity contribution is -0.167. The van der Waals surface area contributed by atoms with Gasteiger partial charge in [-0.3, -0.25) is 9.59 Å². The quantitative estimate of drug-likeness (QED) is 0.615. The van der Waals surface area contributed by atoms with Gasteiger partial charge in [0.15, 0.2) is 0 Å². The van der Waals surface area contributed by atoms with Crippen molar-refractivity contribution >= 4 is 11.9 Å². The van der Waals surface area contributed by atoms with Gasteiger partial charge in [0.05, 0.1) is 6.61 Å². The summed E-state index contributed by atoms with van der Waals surface area (Å²) in [5.41, 5.74) is -0.870. The smallest absolute Gasteiger partial charge is 0.321 e. The van der Waals surface area contributed by atoms with Gasteiger partial charge in [0, 0.05) is 6.54 Å². The van der Waals surface area contributed by atoms with E-state index in [1.54, 1.807) is 6.92 Å². The van der Waals surface area contributed by atoms with Crippen LogP contribution in [0.4, 0.5) is 0 Å². The van der Waals surface area contributed by atoms with Crippen LogP contribution in [0.2, 0.25) is 0 Å². The number of rotatable bonds is 5. The van der Waals surface area contributed by atoms with E-state index in [1.807, 2.05) is 0 Å². The Labute approximate surface area is 115 Å². The maximum Gasteiger partial charge on any atom is 0.321 e. The van der Waals surface area contributed by atoms with Crippen LogP contribution in [0.1, 0.15) is 58.3 Å². The van der Waals surface area contributed by atoms with E-state index in [4.69, 9.17) is 4.74 Å². The van der Waals surface area contributed by atoms with Crippen LogP contribution in [0, 0.1) is 11.3 Å². The van der Waals surface area contributed by atoms with Crippen LogP contribution < -0.4 is 5.32 Å². The summed E-state index contributed by atoms with van der Waals surface area (Å²) < 4.78 is 5.06. The van der Waals surface area contributed by atoms with Crippen molar-refractivity contribution in [1.29, 1.82) is 0 Å².